The van der Waals surface area contributed by atoms with E-state index < -0.39 is 17.3 Å². The molecule has 0 saturated carbocycles. The number of hydrogen-bond acceptors (Lipinski definition) is 6. The zero-order valence-electron chi connectivity index (χ0n) is 16.1. The van der Waals surface area contributed by atoms with Gasteiger partial charge in [-0.25, -0.2) is 9.59 Å². The van der Waals surface area contributed by atoms with Crippen molar-refractivity contribution in [3.05, 3.63) is 43.0 Å². The molecule has 1 heterocycles. The van der Waals surface area contributed by atoms with E-state index in [-0.39, 0.29) is 11.7 Å². The third-order valence-electron chi connectivity index (χ3n) is 3.17. The minimum atomic E-state index is -0.643. The minimum Gasteiger partial charge on any atom is -0.506 e. The van der Waals surface area contributed by atoms with Crippen LogP contribution in [0.3, 0.4) is 0 Å². The standard InChI is InChI=1S/C10H19N5O2.C7H3Br2NO/c1-6(2)7-13-15(9(17)14(7)11)8(16)12-10(3,4)5;8-5-1-4(3-10)2-6(9)7(5)11/h6H,11H2,1-5H3,(H,12,16);1-2,11H. The fourth-order valence-corrected chi connectivity index (χ4v) is 3.11. The number of aromatic nitrogens is 3. The summed E-state index contributed by atoms with van der Waals surface area (Å²) in [6.07, 6.45) is 0. The van der Waals surface area contributed by atoms with Crippen LogP contribution in [0, 0.1) is 11.3 Å². The first-order valence-corrected chi connectivity index (χ1v) is 9.74. The fraction of sp³-hybridized carbons (Fsp3) is 0.412. The van der Waals surface area contributed by atoms with Crippen LogP contribution in [0.4, 0.5) is 4.79 Å². The predicted octanol–water partition coefficient (Wildman–Crippen LogP) is 3.03. The van der Waals surface area contributed by atoms with Crippen LogP contribution in [0.5, 0.6) is 5.75 Å². The Morgan fingerprint density at radius 2 is 1.82 bits per heavy atom. The molecule has 0 saturated heterocycles. The lowest BCUT2D eigenvalue weighted by Gasteiger charge is -2.19. The summed E-state index contributed by atoms with van der Waals surface area (Å²) in [4.78, 5) is 23.5. The molecule has 4 N–H and O–H groups in total. The zero-order valence-corrected chi connectivity index (χ0v) is 19.3. The van der Waals surface area contributed by atoms with Gasteiger partial charge in [0.1, 0.15) is 5.75 Å². The van der Waals surface area contributed by atoms with E-state index in [0.717, 1.165) is 9.36 Å². The number of hydrogen-bond donors (Lipinski definition) is 3. The molecule has 0 radical (unpaired) electrons. The summed E-state index contributed by atoms with van der Waals surface area (Å²) in [6.45, 7) is 9.14. The number of nitrogens with one attached hydrogen (secondary N) is 1. The fourth-order valence-electron chi connectivity index (χ4n) is 1.92. The van der Waals surface area contributed by atoms with Crippen LogP contribution >= 0.6 is 31.9 Å². The van der Waals surface area contributed by atoms with Gasteiger partial charge in [-0.3, -0.25) is 0 Å². The molecule has 1 aromatic carbocycles. The number of carbonyl (C=O) groups is 1. The van der Waals surface area contributed by atoms with Crippen molar-refractivity contribution < 1.29 is 9.90 Å². The molecular formula is C17H22Br2N6O3. The van der Waals surface area contributed by atoms with Gasteiger partial charge in [0, 0.05) is 11.5 Å². The molecule has 0 aliphatic carbocycles. The Balaban J connectivity index is 0.000000307. The summed E-state index contributed by atoms with van der Waals surface area (Å²) < 4.78 is 2.68. The first kappa shape index (κ1) is 23.7. The smallest absolute Gasteiger partial charge is 0.373 e. The second-order valence-corrected chi connectivity index (χ2v) is 8.87. The van der Waals surface area contributed by atoms with Gasteiger partial charge in [-0.15, -0.1) is 9.78 Å². The Labute approximate surface area is 179 Å². The molecule has 1 amide bonds. The molecule has 0 fully saturated rings. The second-order valence-electron chi connectivity index (χ2n) is 7.16. The van der Waals surface area contributed by atoms with Crippen LogP contribution < -0.4 is 16.8 Å². The molecule has 2 rings (SSSR count). The summed E-state index contributed by atoms with van der Waals surface area (Å²) in [7, 11) is 0. The SMILES string of the molecule is CC(C)c1nn(C(=O)NC(C)(C)C)c(=O)n1N.N#Cc1cc(Br)c(O)c(Br)c1. The van der Waals surface area contributed by atoms with Crippen LogP contribution in [0.2, 0.25) is 0 Å². The number of carbonyl (C=O) groups excluding carboxylic acids is 1. The number of halogens is 2. The lowest BCUT2D eigenvalue weighted by molar-refractivity contribution is 0.229. The third kappa shape index (κ3) is 6.10. The van der Waals surface area contributed by atoms with Crippen molar-refractivity contribution in [2.75, 3.05) is 5.84 Å². The Kier molecular flexibility index (Phi) is 7.84. The maximum absolute atomic E-state index is 11.8. The van der Waals surface area contributed by atoms with Crippen molar-refractivity contribution in [3.8, 4) is 11.8 Å². The summed E-state index contributed by atoms with van der Waals surface area (Å²) in [5.41, 5.74) is -0.579. The minimum absolute atomic E-state index is 0.0311. The van der Waals surface area contributed by atoms with Crippen LogP contribution in [0.1, 0.15) is 51.9 Å². The van der Waals surface area contributed by atoms with Crippen LogP contribution in [0.25, 0.3) is 0 Å². The average Bonchev–Trinajstić information content (AvgIpc) is 2.87. The number of benzene rings is 1. The number of phenolic OH excluding ortho intramolecular Hbond substituents is 1. The third-order valence-corrected chi connectivity index (χ3v) is 4.38. The Morgan fingerprint density at radius 3 is 2.18 bits per heavy atom. The van der Waals surface area contributed by atoms with Crippen LogP contribution in [-0.2, 0) is 0 Å². The zero-order chi connectivity index (χ0) is 21.8. The van der Waals surface area contributed by atoms with Crippen molar-refractivity contribution in [3.63, 3.8) is 0 Å². The monoisotopic (exact) mass is 516 g/mol. The number of nitrogens with zero attached hydrogens (tertiary/aromatic N) is 4. The molecule has 0 unspecified atom stereocenters. The highest BCUT2D eigenvalue weighted by atomic mass is 79.9. The molecule has 28 heavy (non-hydrogen) atoms. The lowest BCUT2D eigenvalue weighted by Crippen LogP contribution is -2.47. The molecule has 0 atom stereocenters. The molecule has 1 aromatic heterocycles. The summed E-state index contributed by atoms with van der Waals surface area (Å²) in [5.74, 6) is 6.00. The van der Waals surface area contributed by atoms with Crippen LogP contribution in [0.15, 0.2) is 25.9 Å². The average molecular weight is 518 g/mol. The van der Waals surface area contributed by atoms with Crippen molar-refractivity contribution in [1.29, 1.82) is 5.26 Å². The quantitative estimate of drug-likeness (QED) is 0.497. The van der Waals surface area contributed by atoms with E-state index in [4.69, 9.17) is 11.1 Å². The van der Waals surface area contributed by atoms with Gasteiger partial charge in [0.05, 0.1) is 20.6 Å². The Hall–Kier alpha value is -2.32. The highest BCUT2D eigenvalue weighted by Crippen LogP contribution is 2.32. The highest BCUT2D eigenvalue weighted by Gasteiger charge is 2.21. The van der Waals surface area contributed by atoms with E-state index in [1.807, 2.05) is 40.7 Å². The maximum atomic E-state index is 11.8. The molecule has 2 aromatic rings. The number of aromatic hydroxyl groups is 1. The number of nitrogens with two attached hydrogens (primary N) is 1. The van der Waals surface area contributed by atoms with Gasteiger partial charge in [0.25, 0.3) is 0 Å². The van der Waals surface area contributed by atoms with E-state index in [1.165, 1.54) is 0 Å². The van der Waals surface area contributed by atoms with E-state index in [9.17, 15) is 14.7 Å². The normalized spacial score (nSPS) is 10.8. The first-order chi connectivity index (χ1) is 12.8. The first-order valence-electron chi connectivity index (χ1n) is 8.16. The number of phenols is 1. The Morgan fingerprint density at radius 1 is 1.32 bits per heavy atom. The van der Waals surface area contributed by atoms with Crippen molar-refractivity contribution >= 4 is 37.9 Å². The molecule has 11 heteroatoms. The number of nitrogen functional groups attached to an aromatic ring is 1. The highest BCUT2D eigenvalue weighted by molar-refractivity contribution is 9.11. The topological polar surface area (TPSA) is 139 Å². The Bertz CT molecular complexity index is 944. The number of amides is 1. The molecule has 152 valence electrons. The van der Waals surface area contributed by atoms with Gasteiger partial charge >= 0.3 is 11.7 Å². The summed E-state index contributed by atoms with van der Waals surface area (Å²) in [5, 5.41) is 24.3. The van der Waals surface area contributed by atoms with Gasteiger partial charge in [0.2, 0.25) is 0 Å². The molecular weight excluding hydrogens is 496 g/mol. The van der Waals surface area contributed by atoms with Crippen molar-refractivity contribution in [1.82, 2.24) is 19.8 Å². The summed E-state index contributed by atoms with van der Waals surface area (Å²) >= 11 is 6.21. The molecule has 0 bridgehead atoms. The van der Waals surface area contributed by atoms with E-state index in [2.05, 4.69) is 42.3 Å². The van der Waals surface area contributed by atoms with Gasteiger partial charge < -0.3 is 16.3 Å². The van der Waals surface area contributed by atoms with Gasteiger partial charge in [-0.1, -0.05) is 13.8 Å². The van der Waals surface area contributed by atoms with Crippen LogP contribution in [-0.4, -0.2) is 31.1 Å². The van der Waals surface area contributed by atoms with Gasteiger partial charge in [0.15, 0.2) is 5.82 Å². The predicted molar refractivity (Wildman–Crippen MR) is 113 cm³/mol. The van der Waals surface area contributed by atoms with Gasteiger partial charge in [-0.05, 0) is 64.8 Å². The van der Waals surface area contributed by atoms with Crippen molar-refractivity contribution in [2.24, 2.45) is 0 Å². The van der Waals surface area contributed by atoms with E-state index in [0.29, 0.717) is 20.3 Å². The second kappa shape index (κ2) is 9.25. The largest absolute Gasteiger partial charge is 0.506 e. The number of rotatable bonds is 1. The summed E-state index contributed by atoms with van der Waals surface area (Å²) in [6, 6.07) is 4.50. The maximum Gasteiger partial charge on any atom is 0.373 e. The number of nitriles is 1. The molecule has 0 spiro atoms. The molecule has 9 nitrogen and oxygen atoms in total. The molecule has 0 aliphatic rings. The van der Waals surface area contributed by atoms with Crippen molar-refractivity contribution in [2.45, 2.75) is 46.1 Å². The van der Waals surface area contributed by atoms with Gasteiger partial charge in [-0.2, -0.15) is 9.94 Å². The molecule has 0 aliphatic heterocycles. The lowest BCUT2D eigenvalue weighted by atomic mass is 10.1. The van der Waals surface area contributed by atoms with E-state index >= 15 is 0 Å². The van der Waals surface area contributed by atoms with E-state index in [1.54, 1.807) is 12.1 Å².